The Kier molecular flexibility index (Phi) is 4.74. The zero-order chi connectivity index (χ0) is 15.5. The summed E-state index contributed by atoms with van der Waals surface area (Å²) in [5.41, 5.74) is 6.10. The van der Waals surface area contributed by atoms with Gasteiger partial charge in [0.2, 0.25) is 0 Å². The van der Waals surface area contributed by atoms with Crippen LogP contribution in [-0.4, -0.2) is 28.7 Å². The van der Waals surface area contributed by atoms with Gasteiger partial charge in [-0.05, 0) is 12.1 Å². The first-order valence-corrected chi connectivity index (χ1v) is 8.62. The van der Waals surface area contributed by atoms with Crippen LogP contribution in [-0.2, 0) is 22.8 Å². The Labute approximate surface area is 129 Å². The van der Waals surface area contributed by atoms with Gasteiger partial charge in [-0.1, -0.05) is 31.3 Å². The van der Waals surface area contributed by atoms with E-state index in [2.05, 4.69) is 4.98 Å². The highest BCUT2D eigenvalue weighted by Gasteiger charge is 2.16. The second-order valence-electron chi connectivity index (χ2n) is 4.60. The Balaban J connectivity index is 2.19. The van der Waals surface area contributed by atoms with Crippen molar-refractivity contribution < 1.29 is 8.42 Å². The van der Waals surface area contributed by atoms with Crippen LogP contribution in [0.3, 0.4) is 0 Å². The average molecular weight is 323 g/mol. The van der Waals surface area contributed by atoms with E-state index in [9.17, 15) is 8.42 Å². The number of nitrogens with zero attached hydrogens (tertiary/aromatic N) is 2. The second kappa shape index (κ2) is 6.36. The molecule has 0 atom stereocenters. The second-order valence-corrected chi connectivity index (χ2v) is 7.15. The number of nitrogens with two attached hydrogens (primary N) is 1. The number of hydrogen-bond acceptors (Lipinski definition) is 4. The molecule has 112 valence electrons. The highest BCUT2D eigenvalue weighted by Crippen LogP contribution is 2.14. The fourth-order valence-corrected chi connectivity index (χ4v) is 3.43. The first-order valence-electron chi connectivity index (χ1n) is 6.56. The summed E-state index contributed by atoms with van der Waals surface area (Å²) in [5.74, 6) is 0.888. The lowest BCUT2D eigenvalue weighted by Gasteiger charge is -2.08. The molecule has 0 spiro atoms. The molecule has 2 aromatic rings. The lowest BCUT2D eigenvalue weighted by molar-refractivity contribution is 0.586. The molecule has 2 rings (SSSR count). The largest absolute Gasteiger partial charge is 0.389 e. The van der Waals surface area contributed by atoms with Crippen LogP contribution in [0.1, 0.15) is 18.3 Å². The minimum atomic E-state index is -3.38. The summed E-state index contributed by atoms with van der Waals surface area (Å²) in [6, 6.07) is 6.43. The number of thiocarbonyl (C=S) groups is 1. The third kappa shape index (κ3) is 3.68. The maximum absolute atomic E-state index is 12.4. The van der Waals surface area contributed by atoms with Gasteiger partial charge in [-0.3, -0.25) is 0 Å². The van der Waals surface area contributed by atoms with E-state index in [1.54, 1.807) is 30.6 Å². The lowest BCUT2D eigenvalue weighted by atomic mass is 10.2. The maximum Gasteiger partial charge on any atom is 0.180 e. The molecule has 1 aromatic carbocycles. The van der Waals surface area contributed by atoms with Crippen LogP contribution >= 0.6 is 12.2 Å². The van der Waals surface area contributed by atoms with Crippen LogP contribution in [0.5, 0.6) is 0 Å². The van der Waals surface area contributed by atoms with E-state index in [0.29, 0.717) is 12.1 Å². The van der Waals surface area contributed by atoms with E-state index in [0.717, 1.165) is 12.2 Å². The molecular formula is C14H17N3O2S2. The summed E-state index contributed by atoms with van der Waals surface area (Å²) in [6.07, 6.45) is 4.24. The van der Waals surface area contributed by atoms with Crippen molar-refractivity contribution in [2.75, 3.05) is 5.75 Å². The standard InChI is InChI=1S/C14H17N3O2S2/c1-2-13-16-6-7-17(13)8-9-21(18,19)12-5-3-4-11(10-12)14(15)20/h3-7,10H,2,8-9H2,1H3,(H2,15,20). The molecule has 0 saturated carbocycles. The molecule has 7 heteroatoms. The van der Waals surface area contributed by atoms with Crippen molar-refractivity contribution >= 4 is 27.0 Å². The predicted molar refractivity (Wildman–Crippen MR) is 86.0 cm³/mol. The van der Waals surface area contributed by atoms with Crippen molar-refractivity contribution in [3.8, 4) is 0 Å². The molecule has 0 aliphatic rings. The van der Waals surface area contributed by atoms with Crippen molar-refractivity contribution in [1.29, 1.82) is 0 Å². The first kappa shape index (κ1) is 15.7. The van der Waals surface area contributed by atoms with Gasteiger partial charge in [0, 0.05) is 30.9 Å². The zero-order valence-corrected chi connectivity index (χ0v) is 13.3. The van der Waals surface area contributed by atoms with Crippen LogP contribution in [0.15, 0.2) is 41.6 Å². The predicted octanol–water partition coefficient (Wildman–Crippen LogP) is 1.55. The van der Waals surface area contributed by atoms with Crippen molar-refractivity contribution in [2.45, 2.75) is 24.8 Å². The molecule has 0 aliphatic carbocycles. The third-order valence-electron chi connectivity index (χ3n) is 3.20. The number of aryl methyl sites for hydroxylation is 2. The SMILES string of the molecule is CCc1nccn1CCS(=O)(=O)c1cccc(C(N)=S)c1. The van der Waals surface area contributed by atoms with E-state index < -0.39 is 9.84 Å². The molecule has 0 fully saturated rings. The van der Waals surface area contributed by atoms with Crippen molar-refractivity contribution in [2.24, 2.45) is 5.73 Å². The summed E-state index contributed by atoms with van der Waals surface area (Å²) in [5, 5.41) is 0. The average Bonchev–Trinajstić information content (AvgIpc) is 2.93. The van der Waals surface area contributed by atoms with Crippen LogP contribution < -0.4 is 5.73 Å². The van der Waals surface area contributed by atoms with Gasteiger partial charge in [0.25, 0.3) is 0 Å². The normalized spacial score (nSPS) is 11.5. The fraction of sp³-hybridized carbons (Fsp3) is 0.286. The molecule has 21 heavy (non-hydrogen) atoms. The summed E-state index contributed by atoms with van der Waals surface area (Å²) in [7, 11) is -3.38. The minimum Gasteiger partial charge on any atom is -0.389 e. The van der Waals surface area contributed by atoms with Gasteiger partial charge in [-0.25, -0.2) is 13.4 Å². The molecular weight excluding hydrogens is 306 g/mol. The Hall–Kier alpha value is -1.73. The van der Waals surface area contributed by atoms with Gasteiger partial charge in [0.15, 0.2) is 9.84 Å². The highest BCUT2D eigenvalue weighted by molar-refractivity contribution is 7.91. The van der Waals surface area contributed by atoms with E-state index in [-0.39, 0.29) is 15.6 Å². The minimum absolute atomic E-state index is 0.0111. The van der Waals surface area contributed by atoms with Crippen molar-refractivity contribution in [1.82, 2.24) is 9.55 Å². The number of hydrogen-bond donors (Lipinski definition) is 1. The molecule has 5 nitrogen and oxygen atoms in total. The first-order chi connectivity index (χ1) is 9.94. The Morgan fingerprint density at radius 1 is 1.43 bits per heavy atom. The molecule has 0 aliphatic heterocycles. The van der Waals surface area contributed by atoms with E-state index in [1.807, 2.05) is 11.5 Å². The fourth-order valence-electron chi connectivity index (χ4n) is 2.04. The van der Waals surface area contributed by atoms with Crippen LogP contribution in [0.4, 0.5) is 0 Å². The van der Waals surface area contributed by atoms with Gasteiger partial charge < -0.3 is 10.3 Å². The summed E-state index contributed by atoms with van der Waals surface area (Å²) in [4.78, 5) is 4.61. The molecule has 1 heterocycles. The molecule has 0 saturated heterocycles. The van der Waals surface area contributed by atoms with E-state index in [4.69, 9.17) is 18.0 Å². The molecule has 0 bridgehead atoms. The van der Waals surface area contributed by atoms with Crippen molar-refractivity contribution in [3.05, 3.63) is 48.0 Å². The Bertz CT molecular complexity index is 751. The van der Waals surface area contributed by atoms with Gasteiger partial charge in [0.05, 0.1) is 10.6 Å². The molecule has 1 aromatic heterocycles. The summed E-state index contributed by atoms with van der Waals surface area (Å²) >= 11 is 4.88. The Morgan fingerprint density at radius 3 is 2.86 bits per heavy atom. The number of sulfone groups is 1. The molecule has 2 N–H and O–H groups in total. The number of aromatic nitrogens is 2. The quantitative estimate of drug-likeness (QED) is 0.816. The number of benzene rings is 1. The third-order valence-corrected chi connectivity index (χ3v) is 5.12. The summed E-state index contributed by atoms with van der Waals surface area (Å²) in [6.45, 7) is 2.36. The maximum atomic E-state index is 12.4. The number of rotatable bonds is 6. The van der Waals surface area contributed by atoms with Gasteiger partial charge in [-0.2, -0.15) is 0 Å². The monoisotopic (exact) mass is 323 g/mol. The zero-order valence-electron chi connectivity index (χ0n) is 11.7. The van der Waals surface area contributed by atoms with Gasteiger partial charge in [-0.15, -0.1) is 0 Å². The van der Waals surface area contributed by atoms with E-state index in [1.165, 1.54) is 6.07 Å². The number of imidazole rings is 1. The van der Waals surface area contributed by atoms with Gasteiger partial charge >= 0.3 is 0 Å². The van der Waals surface area contributed by atoms with Crippen molar-refractivity contribution in [3.63, 3.8) is 0 Å². The van der Waals surface area contributed by atoms with Crippen LogP contribution in [0.2, 0.25) is 0 Å². The topological polar surface area (TPSA) is 78.0 Å². The smallest absolute Gasteiger partial charge is 0.180 e. The lowest BCUT2D eigenvalue weighted by Crippen LogP contribution is -2.16. The Morgan fingerprint density at radius 2 is 2.19 bits per heavy atom. The van der Waals surface area contributed by atoms with E-state index >= 15 is 0 Å². The molecule has 0 amide bonds. The van der Waals surface area contributed by atoms with Gasteiger partial charge in [0.1, 0.15) is 10.8 Å². The van der Waals surface area contributed by atoms with Crippen LogP contribution in [0.25, 0.3) is 0 Å². The highest BCUT2D eigenvalue weighted by atomic mass is 32.2. The molecule has 0 unspecified atom stereocenters. The van der Waals surface area contributed by atoms with Crippen LogP contribution in [0, 0.1) is 0 Å². The summed E-state index contributed by atoms with van der Waals surface area (Å²) < 4.78 is 26.6. The molecule has 0 radical (unpaired) electrons.